The zero-order valence-corrected chi connectivity index (χ0v) is 20.0. The summed E-state index contributed by atoms with van der Waals surface area (Å²) in [6.45, 7) is 3.08. The highest BCUT2D eigenvalue weighted by Gasteiger charge is 2.30. The average molecular weight is 493 g/mol. The highest BCUT2D eigenvalue weighted by Crippen LogP contribution is 2.09. The molecular weight excluding hydrogens is 456 g/mol. The maximum Gasteiger partial charge on any atom is 0.243 e. The average Bonchev–Trinajstić information content (AvgIpc) is 2.79. The maximum absolute atomic E-state index is 13.2. The zero-order valence-electron chi connectivity index (χ0n) is 20.0. The summed E-state index contributed by atoms with van der Waals surface area (Å²) in [6, 6.07) is 4.37. The van der Waals surface area contributed by atoms with E-state index in [0.29, 0.717) is 0 Å². The van der Waals surface area contributed by atoms with Gasteiger partial charge in [0, 0.05) is 12.8 Å². The summed E-state index contributed by atoms with van der Waals surface area (Å²) in [5.41, 5.74) is 16.8. The van der Waals surface area contributed by atoms with Gasteiger partial charge < -0.3 is 38.3 Å². The van der Waals surface area contributed by atoms with Crippen LogP contribution in [-0.2, 0) is 30.4 Å². The molecule has 5 amide bonds. The molecule has 12 nitrogen and oxygen atoms in total. The van der Waals surface area contributed by atoms with Crippen LogP contribution < -0.4 is 33.2 Å². The van der Waals surface area contributed by atoms with E-state index in [1.165, 1.54) is 0 Å². The SMILES string of the molecule is CC(C)C[C@H](NC(=O)[C@H](Cc1ccccc1)NC(=O)[C@@H](N)CO)C(=O)N[C@@H](CCC(N)=O)C(N)=O. The Balaban J connectivity index is 3.06. The molecular formula is C23H36N6O6. The monoisotopic (exact) mass is 492 g/mol. The molecule has 1 aromatic rings. The van der Waals surface area contributed by atoms with Gasteiger partial charge in [-0.05, 0) is 24.3 Å². The first-order valence-electron chi connectivity index (χ1n) is 11.3. The topological polar surface area (TPSA) is 220 Å². The Labute approximate surface area is 204 Å². The molecule has 0 saturated carbocycles. The number of hydrogen-bond acceptors (Lipinski definition) is 7. The van der Waals surface area contributed by atoms with Crippen molar-refractivity contribution in [3.63, 3.8) is 0 Å². The van der Waals surface area contributed by atoms with Gasteiger partial charge in [0.2, 0.25) is 29.5 Å². The zero-order chi connectivity index (χ0) is 26.5. The highest BCUT2D eigenvalue weighted by atomic mass is 16.3. The minimum Gasteiger partial charge on any atom is -0.394 e. The first-order chi connectivity index (χ1) is 16.4. The number of benzene rings is 1. The quantitative estimate of drug-likeness (QED) is 0.143. The van der Waals surface area contributed by atoms with Crippen molar-refractivity contribution < 1.29 is 29.1 Å². The second kappa shape index (κ2) is 14.7. The Morgan fingerprint density at radius 1 is 0.857 bits per heavy atom. The van der Waals surface area contributed by atoms with Crippen LogP contribution in [0.4, 0.5) is 0 Å². The van der Waals surface area contributed by atoms with E-state index in [0.717, 1.165) is 5.56 Å². The number of aliphatic hydroxyl groups is 1. The summed E-state index contributed by atoms with van der Waals surface area (Å²) < 4.78 is 0. The Bertz CT molecular complexity index is 879. The Kier molecular flexibility index (Phi) is 12.4. The summed E-state index contributed by atoms with van der Waals surface area (Å²) in [5.74, 6) is -3.57. The van der Waals surface area contributed by atoms with Crippen LogP contribution in [-0.4, -0.2) is 65.4 Å². The van der Waals surface area contributed by atoms with E-state index < -0.39 is 60.3 Å². The molecule has 0 aliphatic rings. The third kappa shape index (κ3) is 11.0. The Hall–Kier alpha value is -3.51. The lowest BCUT2D eigenvalue weighted by atomic mass is 10.00. The summed E-state index contributed by atoms with van der Waals surface area (Å²) in [4.78, 5) is 61.2. The number of nitrogens with two attached hydrogens (primary N) is 3. The molecule has 0 unspecified atom stereocenters. The number of amides is 5. The molecule has 1 rings (SSSR count). The van der Waals surface area contributed by atoms with Crippen molar-refractivity contribution in [1.82, 2.24) is 16.0 Å². The molecule has 0 radical (unpaired) electrons. The minimum atomic E-state index is -1.22. The molecule has 35 heavy (non-hydrogen) atoms. The fraction of sp³-hybridized carbons (Fsp3) is 0.522. The van der Waals surface area contributed by atoms with Crippen molar-refractivity contribution in [3.8, 4) is 0 Å². The molecule has 0 spiro atoms. The van der Waals surface area contributed by atoms with Crippen molar-refractivity contribution in [2.45, 2.75) is 63.7 Å². The van der Waals surface area contributed by atoms with Gasteiger partial charge in [0.05, 0.1) is 6.61 Å². The van der Waals surface area contributed by atoms with Gasteiger partial charge in [-0.3, -0.25) is 24.0 Å². The number of primary amides is 2. The van der Waals surface area contributed by atoms with E-state index in [2.05, 4.69) is 16.0 Å². The van der Waals surface area contributed by atoms with Crippen LogP contribution in [0.25, 0.3) is 0 Å². The lowest BCUT2D eigenvalue weighted by Gasteiger charge is -2.26. The Morgan fingerprint density at radius 2 is 1.40 bits per heavy atom. The standard InChI is InChI=1S/C23H36N6O6/c1-13(2)10-17(22(34)27-16(20(26)32)8-9-19(25)31)29-23(35)18(28-21(33)15(24)12-30)11-14-6-4-3-5-7-14/h3-7,13,15-18,30H,8-12,24H2,1-2H3,(H2,25,31)(H2,26,32)(H,27,34)(H,28,33)(H,29,35)/t15-,16-,17-,18-/m0/s1. The van der Waals surface area contributed by atoms with Gasteiger partial charge in [0.25, 0.3) is 0 Å². The van der Waals surface area contributed by atoms with E-state index >= 15 is 0 Å². The van der Waals surface area contributed by atoms with E-state index in [9.17, 15) is 24.0 Å². The van der Waals surface area contributed by atoms with Crippen molar-refractivity contribution in [1.29, 1.82) is 0 Å². The van der Waals surface area contributed by atoms with Gasteiger partial charge in [-0.15, -0.1) is 0 Å². The molecule has 0 fully saturated rings. The highest BCUT2D eigenvalue weighted by molar-refractivity contribution is 5.94. The number of aliphatic hydroxyl groups excluding tert-OH is 1. The van der Waals surface area contributed by atoms with Gasteiger partial charge in [-0.2, -0.15) is 0 Å². The van der Waals surface area contributed by atoms with Gasteiger partial charge in [0.15, 0.2) is 0 Å². The molecule has 0 aliphatic heterocycles. The summed E-state index contributed by atoms with van der Waals surface area (Å²) in [7, 11) is 0. The van der Waals surface area contributed by atoms with Crippen LogP contribution in [0.3, 0.4) is 0 Å². The first-order valence-corrected chi connectivity index (χ1v) is 11.3. The lowest BCUT2D eigenvalue weighted by molar-refractivity contribution is -0.134. The number of hydrogen-bond donors (Lipinski definition) is 7. The number of nitrogens with one attached hydrogen (secondary N) is 3. The van der Waals surface area contributed by atoms with Crippen molar-refractivity contribution in [3.05, 3.63) is 35.9 Å². The summed E-state index contributed by atoms with van der Waals surface area (Å²) in [5, 5.41) is 16.8. The second-order valence-corrected chi connectivity index (χ2v) is 8.70. The summed E-state index contributed by atoms with van der Waals surface area (Å²) >= 11 is 0. The van der Waals surface area contributed by atoms with Crippen LogP contribution in [0.2, 0.25) is 0 Å². The number of rotatable bonds is 15. The Morgan fingerprint density at radius 3 is 1.91 bits per heavy atom. The molecule has 0 saturated heterocycles. The molecule has 0 heterocycles. The molecule has 10 N–H and O–H groups in total. The lowest BCUT2D eigenvalue weighted by Crippen LogP contribution is -2.58. The normalized spacial score (nSPS) is 14.3. The van der Waals surface area contributed by atoms with Gasteiger partial charge >= 0.3 is 0 Å². The third-order valence-electron chi connectivity index (χ3n) is 5.13. The van der Waals surface area contributed by atoms with E-state index in [-0.39, 0.29) is 31.6 Å². The van der Waals surface area contributed by atoms with Crippen molar-refractivity contribution >= 4 is 29.5 Å². The molecule has 194 valence electrons. The third-order valence-corrected chi connectivity index (χ3v) is 5.13. The largest absolute Gasteiger partial charge is 0.394 e. The predicted molar refractivity (Wildman–Crippen MR) is 128 cm³/mol. The first kappa shape index (κ1) is 29.5. The van der Waals surface area contributed by atoms with Crippen LogP contribution in [0, 0.1) is 5.92 Å². The van der Waals surface area contributed by atoms with Crippen LogP contribution in [0.15, 0.2) is 30.3 Å². The molecule has 4 atom stereocenters. The number of carbonyl (C=O) groups is 5. The number of carbonyl (C=O) groups excluding carboxylic acids is 5. The van der Waals surface area contributed by atoms with Gasteiger partial charge in [-0.1, -0.05) is 44.2 Å². The molecule has 12 heteroatoms. The molecule has 0 aromatic heterocycles. The molecule has 0 bridgehead atoms. The van der Waals surface area contributed by atoms with E-state index in [1.807, 2.05) is 13.8 Å². The van der Waals surface area contributed by atoms with Gasteiger partial charge in [-0.25, -0.2) is 0 Å². The van der Waals surface area contributed by atoms with E-state index in [1.54, 1.807) is 30.3 Å². The van der Waals surface area contributed by atoms with Crippen LogP contribution in [0.1, 0.15) is 38.7 Å². The molecule has 0 aliphatic carbocycles. The van der Waals surface area contributed by atoms with Crippen LogP contribution in [0.5, 0.6) is 0 Å². The van der Waals surface area contributed by atoms with E-state index in [4.69, 9.17) is 22.3 Å². The smallest absolute Gasteiger partial charge is 0.243 e. The molecule has 1 aromatic carbocycles. The van der Waals surface area contributed by atoms with Crippen molar-refractivity contribution in [2.75, 3.05) is 6.61 Å². The summed E-state index contributed by atoms with van der Waals surface area (Å²) in [6.07, 6.45) is 0.0893. The van der Waals surface area contributed by atoms with Crippen LogP contribution >= 0.6 is 0 Å². The van der Waals surface area contributed by atoms with Gasteiger partial charge in [0.1, 0.15) is 24.2 Å². The fourth-order valence-electron chi connectivity index (χ4n) is 3.24. The maximum atomic E-state index is 13.2. The fourth-order valence-corrected chi connectivity index (χ4v) is 3.24. The predicted octanol–water partition coefficient (Wildman–Crippen LogP) is -2.20. The minimum absolute atomic E-state index is 0.0197. The second-order valence-electron chi connectivity index (χ2n) is 8.70. The van der Waals surface area contributed by atoms with Crippen molar-refractivity contribution in [2.24, 2.45) is 23.1 Å².